The molecular weight excluding hydrogens is 268 g/mol. The normalized spacial score (nSPS) is 11.7. The second kappa shape index (κ2) is 5.63. The van der Waals surface area contributed by atoms with E-state index in [0.29, 0.717) is 11.8 Å². The van der Waals surface area contributed by atoms with Gasteiger partial charge in [-0.2, -0.15) is 0 Å². The van der Waals surface area contributed by atoms with Crippen LogP contribution in [0.25, 0.3) is 0 Å². The van der Waals surface area contributed by atoms with Gasteiger partial charge in [0.15, 0.2) is 0 Å². The molecule has 1 amide bonds. The quantitative estimate of drug-likeness (QED) is 0.935. The van der Waals surface area contributed by atoms with E-state index in [0.717, 1.165) is 5.69 Å². The van der Waals surface area contributed by atoms with Crippen molar-refractivity contribution in [2.24, 2.45) is 0 Å². The third kappa shape index (κ3) is 3.45. The van der Waals surface area contributed by atoms with E-state index in [2.05, 4.69) is 34.3 Å². The fraction of sp³-hybridized carbons (Fsp3) is 0.467. The Balaban J connectivity index is 2.21. The molecule has 2 heterocycles. The lowest BCUT2D eigenvalue weighted by Gasteiger charge is -2.25. The molecule has 6 heteroatoms. The highest BCUT2D eigenvalue weighted by molar-refractivity contribution is 5.89. The Hall–Kier alpha value is -2.24. The van der Waals surface area contributed by atoms with Gasteiger partial charge >= 0.3 is 11.8 Å². The molecule has 0 bridgehead atoms. The van der Waals surface area contributed by atoms with E-state index in [1.807, 2.05) is 26.0 Å². The van der Waals surface area contributed by atoms with Gasteiger partial charge in [0, 0.05) is 13.1 Å². The monoisotopic (exact) mass is 288 g/mol. The van der Waals surface area contributed by atoms with Crippen LogP contribution in [0, 0.1) is 6.92 Å². The fourth-order valence-corrected chi connectivity index (χ4v) is 1.94. The first kappa shape index (κ1) is 15.2. The summed E-state index contributed by atoms with van der Waals surface area (Å²) in [5.74, 6) is 0.313. The Labute approximate surface area is 124 Å². The Morgan fingerprint density at radius 3 is 2.62 bits per heavy atom. The largest absolute Gasteiger partial charge is 0.417 e. The molecule has 0 aromatic carbocycles. The van der Waals surface area contributed by atoms with Crippen molar-refractivity contribution in [3.05, 3.63) is 41.4 Å². The second-order valence-corrected chi connectivity index (χ2v) is 5.83. The smallest absolute Gasteiger partial charge is 0.309 e. The van der Waals surface area contributed by atoms with Gasteiger partial charge in [-0.25, -0.2) is 0 Å². The molecule has 0 spiro atoms. The third-order valence-electron chi connectivity index (χ3n) is 3.24. The number of aromatic nitrogens is 3. The van der Waals surface area contributed by atoms with Gasteiger partial charge in [0.25, 0.3) is 0 Å². The Morgan fingerprint density at radius 2 is 2.05 bits per heavy atom. The Morgan fingerprint density at radius 1 is 1.33 bits per heavy atom. The lowest BCUT2D eigenvalue weighted by atomic mass is 9.95. The first-order chi connectivity index (χ1) is 9.79. The minimum atomic E-state index is -0.635. The predicted molar refractivity (Wildman–Crippen MR) is 77.9 cm³/mol. The standard InChI is InChI=1S/C15H20N4O2/c1-9(2)11-6-7-16-12(8-11)15(4,5)17-13(20)14-19-18-10(3)21-14/h6-9H,1-5H3,(H,17,20). The van der Waals surface area contributed by atoms with Crippen LogP contribution < -0.4 is 5.32 Å². The Kier molecular flexibility index (Phi) is 4.06. The third-order valence-corrected chi connectivity index (χ3v) is 3.24. The molecule has 0 atom stereocenters. The molecule has 0 saturated heterocycles. The van der Waals surface area contributed by atoms with Crippen LogP contribution in [0.1, 0.15) is 61.4 Å². The molecule has 0 radical (unpaired) electrons. The van der Waals surface area contributed by atoms with Crippen LogP contribution in [-0.4, -0.2) is 21.1 Å². The number of hydrogen-bond acceptors (Lipinski definition) is 5. The van der Waals surface area contributed by atoms with E-state index >= 15 is 0 Å². The van der Waals surface area contributed by atoms with Crippen molar-refractivity contribution >= 4 is 5.91 Å². The molecule has 2 aromatic heterocycles. The van der Waals surface area contributed by atoms with E-state index in [-0.39, 0.29) is 5.89 Å². The molecule has 112 valence electrons. The zero-order chi connectivity index (χ0) is 15.6. The molecule has 0 unspecified atom stereocenters. The number of carbonyl (C=O) groups excluding carboxylic acids is 1. The predicted octanol–water partition coefficient (Wildman–Crippen LogP) is 2.56. The van der Waals surface area contributed by atoms with Gasteiger partial charge in [0.2, 0.25) is 5.89 Å². The molecule has 1 N–H and O–H groups in total. The molecule has 21 heavy (non-hydrogen) atoms. The SMILES string of the molecule is Cc1nnc(C(=O)NC(C)(C)c2cc(C(C)C)ccn2)o1. The van der Waals surface area contributed by atoms with Crippen LogP contribution in [0.15, 0.2) is 22.7 Å². The molecule has 0 aliphatic rings. The number of hydrogen-bond donors (Lipinski definition) is 1. The first-order valence-corrected chi connectivity index (χ1v) is 6.88. The van der Waals surface area contributed by atoms with Crippen molar-refractivity contribution in [1.82, 2.24) is 20.5 Å². The average molecular weight is 288 g/mol. The molecule has 6 nitrogen and oxygen atoms in total. The number of nitrogens with zero attached hydrogens (tertiary/aromatic N) is 3. The summed E-state index contributed by atoms with van der Waals surface area (Å²) in [6, 6.07) is 3.98. The van der Waals surface area contributed by atoms with Crippen LogP contribution in [-0.2, 0) is 5.54 Å². The summed E-state index contributed by atoms with van der Waals surface area (Å²) >= 11 is 0. The highest BCUT2D eigenvalue weighted by atomic mass is 16.4. The van der Waals surface area contributed by atoms with Crippen LogP contribution >= 0.6 is 0 Å². The van der Waals surface area contributed by atoms with Gasteiger partial charge in [0.05, 0.1) is 11.2 Å². The summed E-state index contributed by atoms with van der Waals surface area (Å²) in [5.41, 5.74) is 1.33. The number of amides is 1. The maximum atomic E-state index is 12.1. The maximum absolute atomic E-state index is 12.1. The number of rotatable bonds is 4. The Bertz CT molecular complexity index is 647. The maximum Gasteiger partial charge on any atom is 0.309 e. The lowest BCUT2D eigenvalue weighted by molar-refractivity contribution is 0.0873. The van der Waals surface area contributed by atoms with Crippen molar-refractivity contribution < 1.29 is 9.21 Å². The first-order valence-electron chi connectivity index (χ1n) is 6.88. The zero-order valence-electron chi connectivity index (χ0n) is 13.0. The van der Waals surface area contributed by atoms with Gasteiger partial charge in [-0.05, 0) is 37.5 Å². The van der Waals surface area contributed by atoms with Gasteiger partial charge in [-0.1, -0.05) is 13.8 Å². The van der Waals surface area contributed by atoms with Gasteiger partial charge in [0.1, 0.15) is 0 Å². The molecule has 2 rings (SSSR count). The molecular formula is C15H20N4O2. The fourth-order valence-electron chi connectivity index (χ4n) is 1.94. The summed E-state index contributed by atoms with van der Waals surface area (Å²) in [7, 11) is 0. The van der Waals surface area contributed by atoms with E-state index in [9.17, 15) is 4.79 Å². The summed E-state index contributed by atoms with van der Waals surface area (Å²) in [4.78, 5) is 16.5. The molecule has 0 fully saturated rings. The highest BCUT2D eigenvalue weighted by Crippen LogP contribution is 2.22. The van der Waals surface area contributed by atoms with Gasteiger partial charge < -0.3 is 9.73 Å². The average Bonchev–Trinajstić information content (AvgIpc) is 2.85. The topological polar surface area (TPSA) is 80.9 Å². The molecule has 0 aliphatic carbocycles. The van der Waals surface area contributed by atoms with Crippen LogP contribution in [0.3, 0.4) is 0 Å². The molecule has 2 aromatic rings. The summed E-state index contributed by atoms with van der Waals surface area (Å²) < 4.78 is 5.13. The van der Waals surface area contributed by atoms with Crippen LogP contribution in [0.2, 0.25) is 0 Å². The van der Waals surface area contributed by atoms with Crippen molar-refractivity contribution in [2.45, 2.75) is 46.1 Å². The summed E-state index contributed by atoms with van der Waals surface area (Å²) in [6.07, 6.45) is 1.76. The summed E-state index contributed by atoms with van der Waals surface area (Å²) in [6.45, 7) is 9.65. The number of pyridine rings is 1. The van der Waals surface area contributed by atoms with Gasteiger partial charge in [-0.3, -0.25) is 9.78 Å². The van der Waals surface area contributed by atoms with Crippen molar-refractivity contribution in [3.8, 4) is 0 Å². The highest BCUT2D eigenvalue weighted by Gasteiger charge is 2.27. The van der Waals surface area contributed by atoms with Gasteiger partial charge in [-0.15, -0.1) is 10.2 Å². The van der Waals surface area contributed by atoms with Crippen LogP contribution in [0.5, 0.6) is 0 Å². The van der Waals surface area contributed by atoms with Crippen molar-refractivity contribution in [1.29, 1.82) is 0 Å². The van der Waals surface area contributed by atoms with Crippen LogP contribution in [0.4, 0.5) is 0 Å². The van der Waals surface area contributed by atoms with Crippen molar-refractivity contribution in [2.75, 3.05) is 0 Å². The minimum absolute atomic E-state index is 0.0411. The molecule has 0 saturated carbocycles. The van der Waals surface area contributed by atoms with E-state index in [1.165, 1.54) is 5.56 Å². The number of aryl methyl sites for hydroxylation is 1. The number of nitrogens with one attached hydrogen (secondary N) is 1. The lowest BCUT2D eigenvalue weighted by Crippen LogP contribution is -2.41. The van der Waals surface area contributed by atoms with E-state index in [1.54, 1.807) is 13.1 Å². The van der Waals surface area contributed by atoms with E-state index in [4.69, 9.17) is 4.42 Å². The zero-order valence-corrected chi connectivity index (χ0v) is 13.0. The second-order valence-electron chi connectivity index (χ2n) is 5.83. The summed E-state index contributed by atoms with van der Waals surface area (Å²) in [5, 5.41) is 10.2. The minimum Gasteiger partial charge on any atom is -0.417 e. The van der Waals surface area contributed by atoms with E-state index < -0.39 is 11.4 Å². The molecule has 0 aliphatic heterocycles. The number of carbonyl (C=O) groups is 1. The van der Waals surface area contributed by atoms with Crippen molar-refractivity contribution in [3.63, 3.8) is 0 Å².